The lowest BCUT2D eigenvalue weighted by atomic mass is 10.1. The van der Waals surface area contributed by atoms with E-state index < -0.39 is 11.5 Å². The monoisotopic (exact) mass is 393 g/mol. The highest BCUT2D eigenvalue weighted by atomic mass is 16.5. The molecule has 1 aromatic carbocycles. The van der Waals surface area contributed by atoms with Gasteiger partial charge in [-0.05, 0) is 32.9 Å². The van der Waals surface area contributed by atoms with Crippen molar-refractivity contribution in [2.24, 2.45) is 0 Å². The zero-order valence-electron chi connectivity index (χ0n) is 16.8. The molecule has 0 fully saturated rings. The molecular formula is C21H23N5O3. The molecule has 1 amide bonds. The molecule has 0 unspecified atom stereocenters. The van der Waals surface area contributed by atoms with Crippen LogP contribution in [0.1, 0.15) is 35.6 Å². The molecule has 150 valence electrons. The molecule has 0 atom stereocenters. The molecular weight excluding hydrogens is 370 g/mol. The van der Waals surface area contributed by atoms with Crippen LogP contribution in [-0.2, 0) is 16.0 Å². The van der Waals surface area contributed by atoms with Gasteiger partial charge in [-0.2, -0.15) is 0 Å². The fraction of sp³-hybridized carbons (Fsp3) is 0.333. The number of nitrogens with zero attached hydrogens (tertiary/aromatic N) is 2. The standard InChI is InChI=1S/C21H23N5O3/c1-11-18(26-21(2,3)20(28)29-4)25-17-12(6-5-7-15(17)23-11)16-10-13-14(24-16)8-9-22-19(13)27/h5-7,10,24H,8-9H2,1-4H3,(H,22,27)(H,25,26). The molecule has 8 heteroatoms. The molecule has 0 aliphatic carbocycles. The van der Waals surface area contributed by atoms with Gasteiger partial charge in [0.15, 0.2) is 0 Å². The minimum Gasteiger partial charge on any atom is -0.467 e. The van der Waals surface area contributed by atoms with Crippen LogP contribution in [-0.4, -0.2) is 46.0 Å². The Hall–Kier alpha value is -3.42. The Labute approximate surface area is 168 Å². The van der Waals surface area contributed by atoms with Crippen LogP contribution in [0.3, 0.4) is 0 Å². The maximum atomic E-state index is 12.1. The number of carbonyl (C=O) groups excluding carboxylic acids is 2. The van der Waals surface area contributed by atoms with Crippen molar-refractivity contribution in [3.63, 3.8) is 0 Å². The van der Waals surface area contributed by atoms with Crippen molar-refractivity contribution in [2.45, 2.75) is 32.7 Å². The summed E-state index contributed by atoms with van der Waals surface area (Å²) in [7, 11) is 1.35. The number of fused-ring (bicyclic) bond motifs is 2. The normalized spacial score (nSPS) is 13.7. The molecule has 0 saturated heterocycles. The lowest BCUT2D eigenvalue weighted by Crippen LogP contribution is -2.41. The van der Waals surface area contributed by atoms with E-state index in [2.05, 4.69) is 20.6 Å². The number of carbonyl (C=O) groups is 2. The molecule has 0 radical (unpaired) electrons. The van der Waals surface area contributed by atoms with Crippen molar-refractivity contribution in [2.75, 3.05) is 19.0 Å². The number of methoxy groups -OCH3 is 1. The van der Waals surface area contributed by atoms with E-state index >= 15 is 0 Å². The number of esters is 1. The Bertz CT molecular complexity index is 1130. The minimum atomic E-state index is -0.958. The van der Waals surface area contributed by atoms with Gasteiger partial charge in [-0.1, -0.05) is 12.1 Å². The molecule has 3 N–H and O–H groups in total. The largest absolute Gasteiger partial charge is 0.467 e. The van der Waals surface area contributed by atoms with E-state index in [1.54, 1.807) is 13.8 Å². The molecule has 3 aromatic rings. The Morgan fingerprint density at radius 3 is 2.76 bits per heavy atom. The first-order chi connectivity index (χ1) is 13.8. The van der Waals surface area contributed by atoms with Crippen LogP contribution in [0.2, 0.25) is 0 Å². The number of ether oxygens (including phenoxy) is 1. The molecule has 0 spiro atoms. The first-order valence-corrected chi connectivity index (χ1v) is 9.44. The highest BCUT2D eigenvalue weighted by Gasteiger charge is 2.30. The Kier molecular flexibility index (Phi) is 4.49. The van der Waals surface area contributed by atoms with Gasteiger partial charge in [-0.15, -0.1) is 0 Å². The van der Waals surface area contributed by atoms with Crippen LogP contribution in [0.25, 0.3) is 22.3 Å². The van der Waals surface area contributed by atoms with Crippen molar-refractivity contribution in [1.29, 1.82) is 0 Å². The number of aryl methyl sites for hydroxylation is 1. The van der Waals surface area contributed by atoms with Gasteiger partial charge in [0.2, 0.25) is 0 Å². The predicted octanol–water partition coefficient (Wildman–Crippen LogP) is 2.58. The van der Waals surface area contributed by atoms with Crippen molar-refractivity contribution < 1.29 is 14.3 Å². The van der Waals surface area contributed by atoms with E-state index in [1.807, 2.05) is 31.2 Å². The van der Waals surface area contributed by atoms with Gasteiger partial charge in [0, 0.05) is 29.9 Å². The molecule has 3 heterocycles. The van der Waals surface area contributed by atoms with Gasteiger partial charge >= 0.3 is 5.97 Å². The van der Waals surface area contributed by atoms with Crippen LogP contribution in [0.15, 0.2) is 24.3 Å². The zero-order chi connectivity index (χ0) is 20.8. The molecule has 1 aliphatic heterocycles. The highest BCUT2D eigenvalue weighted by molar-refractivity contribution is 5.99. The molecule has 0 bridgehead atoms. The van der Waals surface area contributed by atoms with Crippen LogP contribution in [0, 0.1) is 6.92 Å². The Balaban J connectivity index is 1.82. The number of aromatic nitrogens is 3. The van der Waals surface area contributed by atoms with Crippen LogP contribution in [0.4, 0.5) is 5.82 Å². The Morgan fingerprint density at radius 1 is 1.24 bits per heavy atom. The SMILES string of the molecule is COC(=O)C(C)(C)Nc1nc2c(-c3cc4c([nH]3)CCNC4=O)cccc2nc1C. The third-order valence-corrected chi connectivity index (χ3v) is 5.09. The third-order valence-electron chi connectivity index (χ3n) is 5.09. The number of aromatic amines is 1. The summed E-state index contributed by atoms with van der Waals surface area (Å²) >= 11 is 0. The average molecular weight is 393 g/mol. The summed E-state index contributed by atoms with van der Waals surface area (Å²) in [6.45, 7) is 5.92. The fourth-order valence-corrected chi connectivity index (χ4v) is 3.54. The summed E-state index contributed by atoms with van der Waals surface area (Å²) in [4.78, 5) is 37.0. The van der Waals surface area contributed by atoms with E-state index in [0.29, 0.717) is 29.1 Å². The second-order valence-electron chi connectivity index (χ2n) is 7.65. The summed E-state index contributed by atoms with van der Waals surface area (Å²) in [6, 6.07) is 7.60. The van der Waals surface area contributed by atoms with Crippen molar-refractivity contribution >= 4 is 28.7 Å². The Morgan fingerprint density at radius 2 is 2.03 bits per heavy atom. The van der Waals surface area contributed by atoms with E-state index in [1.165, 1.54) is 7.11 Å². The highest BCUT2D eigenvalue weighted by Crippen LogP contribution is 2.30. The number of para-hydroxylation sites is 1. The molecule has 1 aliphatic rings. The molecule has 2 aromatic heterocycles. The third kappa shape index (κ3) is 3.30. The number of rotatable bonds is 4. The van der Waals surface area contributed by atoms with Crippen molar-refractivity contribution in [3.05, 3.63) is 41.2 Å². The van der Waals surface area contributed by atoms with E-state index in [0.717, 1.165) is 28.9 Å². The maximum absolute atomic E-state index is 12.1. The van der Waals surface area contributed by atoms with Gasteiger partial charge in [0.1, 0.15) is 16.9 Å². The summed E-state index contributed by atoms with van der Waals surface area (Å²) in [5.41, 5.74) is 4.38. The first kappa shape index (κ1) is 18.9. The smallest absolute Gasteiger partial charge is 0.330 e. The van der Waals surface area contributed by atoms with Crippen molar-refractivity contribution in [3.8, 4) is 11.3 Å². The second kappa shape index (κ2) is 6.88. The van der Waals surface area contributed by atoms with Crippen LogP contribution in [0.5, 0.6) is 0 Å². The van der Waals surface area contributed by atoms with E-state index in [4.69, 9.17) is 9.72 Å². The van der Waals surface area contributed by atoms with Gasteiger partial charge in [-0.3, -0.25) is 4.79 Å². The summed E-state index contributed by atoms with van der Waals surface area (Å²) in [5.74, 6) is 0.0441. The van der Waals surface area contributed by atoms with Gasteiger partial charge in [0.25, 0.3) is 5.91 Å². The number of H-pyrrole nitrogens is 1. The maximum Gasteiger partial charge on any atom is 0.330 e. The lowest BCUT2D eigenvalue weighted by molar-refractivity contribution is -0.144. The van der Waals surface area contributed by atoms with Crippen LogP contribution >= 0.6 is 0 Å². The van der Waals surface area contributed by atoms with Gasteiger partial charge < -0.3 is 20.4 Å². The van der Waals surface area contributed by atoms with Gasteiger partial charge in [-0.25, -0.2) is 14.8 Å². The number of hydrogen-bond donors (Lipinski definition) is 3. The summed E-state index contributed by atoms with van der Waals surface area (Å²) in [6.07, 6.45) is 0.761. The van der Waals surface area contributed by atoms with E-state index in [9.17, 15) is 9.59 Å². The number of hydrogen-bond acceptors (Lipinski definition) is 6. The number of benzene rings is 1. The lowest BCUT2D eigenvalue weighted by Gasteiger charge is -2.24. The number of anilines is 1. The molecule has 4 rings (SSSR count). The number of amides is 1. The minimum absolute atomic E-state index is 0.0712. The quantitative estimate of drug-likeness (QED) is 0.588. The van der Waals surface area contributed by atoms with Crippen molar-refractivity contribution in [1.82, 2.24) is 20.3 Å². The average Bonchev–Trinajstić information content (AvgIpc) is 3.12. The fourth-order valence-electron chi connectivity index (χ4n) is 3.54. The summed E-state index contributed by atoms with van der Waals surface area (Å²) in [5, 5.41) is 6.00. The first-order valence-electron chi connectivity index (χ1n) is 9.44. The topological polar surface area (TPSA) is 109 Å². The van der Waals surface area contributed by atoms with Gasteiger partial charge in [0.05, 0.1) is 23.9 Å². The predicted molar refractivity (Wildman–Crippen MR) is 110 cm³/mol. The zero-order valence-corrected chi connectivity index (χ0v) is 16.8. The van der Waals surface area contributed by atoms with Crippen LogP contribution < -0.4 is 10.6 Å². The number of nitrogens with one attached hydrogen (secondary N) is 3. The molecule has 8 nitrogen and oxygen atoms in total. The summed E-state index contributed by atoms with van der Waals surface area (Å²) < 4.78 is 4.87. The molecule has 29 heavy (non-hydrogen) atoms. The van der Waals surface area contributed by atoms with E-state index in [-0.39, 0.29) is 5.91 Å². The molecule has 0 saturated carbocycles. The second-order valence-corrected chi connectivity index (χ2v) is 7.65.